The van der Waals surface area contributed by atoms with E-state index in [-0.39, 0.29) is 17.6 Å². The minimum Gasteiger partial charge on any atom is -0.493 e. The zero-order valence-electron chi connectivity index (χ0n) is 18.8. The second kappa shape index (κ2) is 9.15. The number of carbonyl (C=O) groups is 1. The number of nitrogens with zero attached hydrogens (tertiary/aromatic N) is 2. The number of benzene rings is 1. The molecule has 2 aliphatic rings. The van der Waals surface area contributed by atoms with Crippen LogP contribution < -0.4 is 20.3 Å². The first kappa shape index (κ1) is 21.9. The Hall–Kier alpha value is -2.91. The number of fused-ring (bicyclic) bond motifs is 2. The highest BCUT2D eigenvalue weighted by molar-refractivity contribution is 7.20. The van der Waals surface area contributed by atoms with Crippen molar-refractivity contribution in [2.75, 3.05) is 20.3 Å². The molecule has 2 aliphatic heterocycles. The second-order valence-corrected chi connectivity index (χ2v) is 9.44. The number of hydrogen-bond donors (Lipinski definition) is 1. The third-order valence-electron chi connectivity index (χ3n) is 6.25. The van der Waals surface area contributed by atoms with Gasteiger partial charge in [0.15, 0.2) is 11.5 Å². The third kappa shape index (κ3) is 4.22. The summed E-state index contributed by atoms with van der Waals surface area (Å²) in [6.07, 6.45) is 3.94. The predicted molar refractivity (Wildman–Crippen MR) is 126 cm³/mol. The molecular formula is C24H27N3O5S. The van der Waals surface area contributed by atoms with Crippen molar-refractivity contribution in [2.24, 2.45) is 0 Å². The van der Waals surface area contributed by atoms with Crippen LogP contribution in [-0.4, -0.2) is 41.9 Å². The van der Waals surface area contributed by atoms with Gasteiger partial charge >= 0.3 is 0 Å². The summed E-state index contributed by atoms with van der Waals surface area (Å²) in [7, 11) is 1.60. The van der Waals surface area contributed by atoms with Crippen molar-refractivity contribution >= 4 is 27.5 Å². The Kier molecular flexibility index (Phi) is 6.07. The predicted octanol–water partition coefficient (Wildman–Crippen LogP) is 3.21. The number of aromatic nitrogens is 2. The maximum atomic E-state index is 12.9. The molecule has 33 heavy (non-hydrogen) atoms. The lowest BCUT2D eigenvalue weighted by Crippen LogP contribution is -2.23. The summed E-state index contributed by atoms with van der Waals surface area (Å²) in [5.74, 6) is 1.87. The fourth-order valence-corrected chi connectivity index (χ4v) is 5.56. The first-order valence-electron chi connectivity index (χ1n) is 11.3. The van der Waals surface area contributed by atoms with Gasteiger partial charge in [0.1, 0.15) is 17.3 Å². The maximum Gasteiger partial charge on any atom is 0.262 e. The molecule has 174 valence electrons. The fourth-order valence-electron chi connectivity index (χ4n) is 4.45. The lowest BCUT2D eigenvalue weighted by atomic mass is 10.1. The number of methoxy groups -OCH3 is 1. The lowest BCUT2D eigenvalue weighted by molar-refractivity contribution is 0.0669. The Morgan fingerprint density at radius 3 is 3.00 bits per heavy atom. The van der Waals surface area contributed by atoms with Crippen LogP contribution in [0.5, 0.6) is 11.5 Å². The Morgan fingerprint density at radius 2 is 2.21 bits per heavy atom. The molecule has 1 unspecified atom stereocenters. The van der Waals surface area contributed by atoms with Crippen molar-refractivity contribution in [3.05, 3.63) is 50.4 Å². The molecule has 8 nitrogen and oxygen atoms in total. The Labute approximate surface area is 195 Å². The first-order valence-corrected chi connectivity index (χ1v) is 12.1. The maximum absolute atomic E-state index is 12.9. The van der Waals surface area contributed by atoms with E-state index in [1.165, 1.54) is 11.3 Å². The van der Waals surface area contributed by atoms with E-state index in [0.717, 1.165) is 43.7 Å². The van der Waals surface area contributed by atoms with E-state index in [0.29, 0.717) is 51.9 Å². The van der Waals surface area contributed by atoms with Gasteiger partial charge in [0.2, 0.25) is 0 Å². The Balaban J connectivity index is 1.29. The van der Waals surface area contributed by atoms with Crippen LogP contribution in [0.25, 0.3) is 10.2 Å². The van der Waals surface area contributed by atoms with Gasteiger partial charge in [-0.05, 0) is 49.4 Å². The van der Waals surface area contributed by atoms with E-state index in [1.807, 2.05) is 25.1 Å². The minimum absolute atomic E-state index is 0.0383. The van der Waals surface area contributed by atoms with E-state index in [2.05, 4.69) is 10.3 Å². The molecule has 2 aromatic heterocycles. The number of aryl methyl sites for hydroxylation is 2. The third-order valence-corrected chi connectivity index (χ3v) is 7.43. The number of hydrogen-bond acceptors (Lipinski definition) is 7. The van der Waals surface area contributed by atoms with Gasteiger partial charge in [0.25, 0.3) is 11.5 Å². The Morgan fingerprint density at radius 1 is 1.33 bits per heavy atom. The summed E-state index contributed by atoms with van der Waals surface area (Å²) in [5.41, 5.74) is 1.55. The molecule has 1 N–H and O–H groups in total. The first-order chi connectivity index (χ1) is 16.0. The molecule has 1 saturated heterocycles. The summed E-state index contributed by atoms with van der Waals surface area (Å²) in [6, 6.07) is 5.62. The van der Waals surface area contributed by atoms with E-state index in [1.54, 1.807) is 11.7 Å². The standard InChI is InChI=1S/C24H27N3O5S/c1-14-20-23(26-19-6-3-9-27(19)24(20)29)33-21(14)22(28)25-12-15-7-8-17(18(11-15)30-2)32-13-16-5-4-10-31-16/h7-8,11,16H,3-6,9-10,12-13H2,1-2H3,(H,25,28). The van der Waals surface area contributed by atoms with Crippen LogP contribution in [0.4, 0.5) is 0 Å². The van der Waals surface area contributed by atoms with E-state index in [4.69, 9.17) is 14.2 Å². The van der Waals surface area contributed by atoms with Crippen molar-refractivity contribution in [1.82, 2.24) is 14.9 Å². The molecule has 0 saturated carbocycles. The van der Waals surface area contributed by atoms with Gasteiger partial charge in [-0.15, -0.1) is 11.3 Å². The largest absolute Gasteiger partial charge is 0.493 e. The highest BCUT2D eigenvalue weighted by Crippen LogP contribution is 2.30. The Bertz CT molecular complexity index is 1260. The average Bonchev–Trinajstić information content (AvgIpc) is 3.57. The molecule has 0 bridgehead atoms. The van der Waals surface area contributed by atoms with Crippen molar-refractivity contribution < 1.29 is 19.0 Å². The normalized spacial score (nSPS) is 17.3. The van der Waals surface area contributed by atoms with Crippen LogP contribution in [0.3, 0.4) is 0 Å². The highest BCUT2D eigenvalue weighted by Gasteiger charge is 2.23. The van der Waals surface area contributed by atoms with Crippen LogP contribution >= 0.6 is 11.3 Å². The highest BCUT2D eigenvalue weighted by atomic mass is 32.1. The van der Waals surface area contributed by atoms with E-state index in [9.17, 15) is 9.59 Å². The van der Waals surface area contributed by atoms with Gasteiger partial charge in [-0.2, -0.15) is 0 Å². The quantitative estimate of drug-likeness (QED) is 0.571. The van der Waals surface area contributed by atoms with Gasteiger partial charge in [-0.25, -0.2) is 4.98 Å². The zero-order chi connectivity index (χ0) is 22.9. The summed E-state index contributed by atoms with van der Waals surface area (Å²) in [4.78, 5) is 31.6. The summed E-state index contributed by atoms with van der Waals surface area (Å²) in [5, 5.41) is 3.52. The zero-order valence-corrected chi connectivity index (χ0v) is 19.6. The monoisotopic (exact) mass is 469 g/mol. The molecule has 1 amide bonds. The van der Waals surface area contributed by atoms with Crippen molar-refractivity contribution in [3.63, 3.8) is 0 Å². The molecule has 1 atom stereocenters. The second-order valence-electron chi connectivity index (χ2n) is 8.44. The summed E-state index contributed by atoms with van der Waals surface area (Å²) < 4.78 is 18.7. The summed E-state index contributed by atoms with van der Waals surface area (Å²) in [6.45, 7) is 4.13. The van der Waals surface area contributed by atoms with Crippen LogP contribution in [0.15, 0.2) is 23.0 Å². The van der Waals surface area contributed by atoms with Gasteiger partial charge < -0.3 is 19.5 Å². The van der Waals surface area contributed by atoms with Gasteiger partial charge in [-0.3, -0.25) is 14.2 Å². The topological polar surface area (TPSA) is 91.7 Å². The molecule has 4 heterocycles. The van der Waals surface area contributed by atoms with Crippen LogP contribution in [0, 0.1) is 6.92 Å². The van der Waals surface area contributed by atoms with Crippen molar-refractivity contribution in [2.45, 2.75) is 51.8 Å². The lowest BCUT2D eigenvalue weighted by Gasteiger charge is -2.15. The SMILES string of the molecule is COc1cc(CNC(=O)c2sc3nc4n(c(=O)c3c2C)CCC4)ccc1OCC1CCCO1. The molecule has 0 radical (unpaired) electrons. The number of amides is 1. The van der Waals surface area contributed by atoms with Crippen LogP contribution in [0.1, 0.15) is 45.9 Å². The van der Waals surface area contributed by atoms with Gasteiger partial charge in [0.05, 0.1) is 23.5 Å². The molecule has 5 rings (SSSR count). The van der Waals surface area contributed by atoms with Crippen LogP contribution in [0.2, 0.25) is 0 Å². The number of carbonyl (C=O) groups excluding carboxylic acids is 1. The van der Waals surface area contributed by atoms with Crippen molar-refractivity contribution in [1.29, 1.82) is 0 Å². The van der Waals surface area contributed by atoms with Gasteiger partial charge in [0, 0.05) is 26.1 Å². The number of ether oxygens (including phenoxy) is 3. The summed E-state index contributed by atoms with van der Waals surface area (Å²) >= 11 is 1.28. The molecule has 1 aromatic carbocycles. The smallest absolute Gasteiger partial charge is 0.262 e. The van der Waals surface area contributed by atoms with Crippen molar-refractivity contribution in [3.8, 4) is 11.5 Å². The molecule has 0 spiro atoms. The molecular weight excluding hydrogens is 442 g/mol. The fraction of sp³-hybridized carbons (Fsp3) is 0.458. The number of rotatable bonds is 7. The number of thiophene rings is 1. The average molecular weight is 470 g/mol. The molecule has 1 fully saturated rings. The van der Waals surface area contributed by atoms with Gasteiger partial charge in [-0.1, -0.05) is 6.07 Å². The molecule has 9 heteroatoms. The number of nitrogens with one attached hydrogen (secondary N) is 1. The molecule has 3 aromatic rings. The molecule has 0 aliphatic carbocycles. The minimum atomic E-state index is -0.210. The van der Waals surface area contributed by atoms with Crippen LogP contribution in [-0.2, 0) is 24.2 Å². The van der Waals surface area contributed by atoms with E-state index < -0.39 is 0 Å². The van der Waals surface area contributed by atoms with E-state index >= 15 is 0 Å².